The van der Waals surface area contributed by atoms with Crippen molar-refractivity contribution in [2.45, 2.75) is 73.1 Å². The molecule has 0 saturated heterocycles. The zero-order valence-corrected chi connectivity index (χ0v) is 26.5. The van der Waals surface area contributed by atoms with E-state index in [1.807, 2.05) is 0 Å². The number of aryl methyl sites for hydroxylation is 2. The summed E-state index contributed by atoms with van der Waals surface area (Å²) in [5.74, 6) is 0.826. The van der Waals surface area contributed by atoms with Crippen molar-refractivity contribution in [2.24, 2.45) is 16.3 Å². The lowest BCUT2D eigenvalue weighted by atomic mass is 9.86. The number of nitrogens with zero attached hydrogens (tertiary/aromatic N) is 3. The molecule has 1 aliphatic carbocycles. The second-order valence-electron chi connectivity index (χ2n) is 14.4. The van der Waals surface area contributed by atoms with E-state index in [1.54, 1.807) is 0 Å². The summed E-state index contributed by atoms with van der Waals surface area (Å²) >= 11 is 0. The van der Waals surface area contributed by atoms with Crippen molar-refractivity contribution in [3.05, 3.63) is 76.1 Å². The van der Waals surface area contributed by atoms with Crippen LogP contribution in [0.5, 0.6) is 0 Å². The van der Waals surface area contributed by atoms with Gasteiger partial charge >= 0.3 is 0 Å². The summed E-state index contributed by atoms with van der Waals surface area (Å²) in [7, 11) is 4.36. The van der Waals surface area contributed by atoms with Gasteiger partial charge in [-0.2, -0.15) is 0 Å². The molecule has 0 bridgehead atoms. The van der Waals surface area contributed by atoms with Crippen molar-refractivity contribution in [3.63, 3.8) is 0 Å². The fraction of sp³-hybridized carbons (Fsp3) is 0.385. The summed E-state index contributed by atoms with van der Waals surface area (Å²) in [6.07, 6.45) is 7.76. The Hall–Kier alpha value is -3.72. The number of rotatable bonds is 4. The molecule has 214 valence electrons. The highest BCUT2D eigenvalue weighted by Crippen LogP contribution is 2.41. The standard InChI is InChI=1S/C39H44N3/c1-23-30-21-27(22-39(3,4)5)13-15-28(30)24(2)36-34(23)38(41(7)8)35-32(40-6)17-16-29-31-20-26(19-25-11-9-10-12-25)14-18-33(31)42(36)37(29)35/h13-18,20-21,25H,6,9-12,19,22H2,1-5,7-8H3/q+1. The highest BCUT2D eigenvalue weighted by Gasteiger charge is 2.26. The van der Waals surface area contributed by atoms with E-state index in [0.29, 0.717) is 0 Å². The number of pyridine rings is 1. The molecular weight excluding hydrogens is 510 g/mol. The topological polar surface area (TPSA) is 19.8 Å². The molecule has 42 heavy (non-hydrogen) atoms. The van der Waals surface area contributed by atoms with Crippen molar-refractivity contribution in [1.29, 1.82) is 0 Å². The fourth-order valence-electron chi connectivity index (χ4n) is 8.14. The third-order valence-corrected chi connectivity index (χ3v) is 9.88. The molecule has 0 unspecified atom stereocenters. The van der Waals surface area contributed by atoms with Gasteiger partial charge in [0.25, 0.3) is 0 Å². The number of aliphatic imine (C=N–C) groups is 1. The van der Waals surface area contributed by atoms with Gasteiger partial charge in [0.1, 0.15) is 14.1 Å². The van der Waals surface area contributed by atoms with Gasteiger partial charge in [0.2, 0.25) is 5.36 Å². The third-order valence-electron chi connectivity index (χ3n) is 9.88. The molecule has 3 nitrogen and oxygen atoms in total. The predicted octanol–water partition coefficient (Wildman–Crippen LogP) is 9.29. The molecule has 0 atom stereocenters. The van der Waals surface area contributed by atoms with Crippen LogP contribution in [0.15, 0.2) is 53.5 Å². The van der Waals surface area contributed by atoms with Crippen molar-refractivity contribution >= 4 is 61.3 Å². The highest BCUT2D eigenvalue weighted by molar-refractivity contribution is 6.21. The van der Waals surface area contributed by atoms with Crippen LogP contribution in [0.4, 0.5) is 5.69 Å². The first-order valence-electron chi connectivity index (χ1n) is 15.8. The number of benzene rings is 4. The fourth-order valence-corrected chi connectivity index (χ4v) is 8.14. The third kappa shape index (κ3) is 4.07. The van der Waals surface area contributed by atoms with Crippen LogP contribution in [0.25, 0.3) is 48.9 Å². The maximum Gasteiger partial charge on any atom is 0.220 e. The smallest absolute Gasteiger partial charge is 0.220 e. The largest absolute Gasteiger partial charge is 0.307 e. The average Bonchev–Trinajstić information content (AvgIpc) is 3.57. The highest BCUT2D eigenvalue weighted by atomic mass is 15.0. The quantitative estimate of drug-likeness (QED) is 0.118. The molecule has 4 aromatic carbocycles. The Kier molecular flexibility index (Phi) is 6.24. The van der Waals surface area contributed by atoms with E-state index in [1.165, 1.54) is 109 Å². The lowest BCUT2D eigenvalue weighted by Crippen LogP contribution is -2.25. The number of hydrogen-bond acceptors (Lipinski definition) is 1. The van der Waals surface area contributed by atoms with Gasteiger partial charge in [0.15, 0.2) is 0 Å². The van der Waals surface area contributed by atoms with Crippen LogP contribution in [0.3, 0.4) is 0 Å². The molecule has 2 heterocycles. The minimum atomic E-state index is 0.238. The maximum atomic E-state index is 4.59. The van der Waals surface area contributed by atoms with E-state index in [0.717, 1.165) is 18.0 Å². The van der Waals surface area contributed by atoms with Gasteiger partial charge < -0.3 is 4.40 Å². The van der Waals surface area contributed by atoms with Gasteiger partial charge in [-0.3, -0.25) is 4.99 Å². The van der Waals surface area contributed by atoms with Gasteiger partial charge in [-0.15, -0.1) is 0 Å². The minimum absolute atomic E-state index is 0.238. The summed E-state index contributed by atoms with van der Waals surface area (Å²) in [5, 5.41) is 9.10. The predicted molar refractivity (Wildman–Crippen MR) is 183 cm³/mol. The molecule has 3 heteroatoms. The van der Waals surface area contributed by atoms with E-state index in [-0.39, 0.29) is 5.41 Å². The Morgan fingerprint density at radius 2 is 1.50 bits per heavy atom. The molecule has 6 aromatic rings. The normalized spacial score (nSPS) is 14.8. The van der Waals surface area contributed by atoms with E-state index in [4.69, 9.17) is 0 Å². The number of fused-ring (bicyclic) bond motifs is 6. The first-order valence-corrected chi connectivity index (χ1v) is 15.8. The van der Waals surface area contributed by atoms with Crippen molar-refractivity contribution in [2.75, 3.05) is 14.1 Å². The second kappa shape index (κ2) is 9.66. The van der Waals surface area contributed by atoms with E-state index >= 15 is 0 Å². The van der Waals surface area contributed by atoms with Crippen LogP contribution in [0.1, 0.15) is 68.7 Å². The first-order chi connectivity index (χ1) is 20.1. The van der Waals surface area contributed by atoms with Crippen LogP contribution >= 0.6 is 0 Å². The zero-order valence-electron chi connectivity index (χ0n) is 26.5. The molecule has 7 rings (SSSR count). The Labute approximate surface area is 249 Å². The molecule has 0 N–H and O–H groups in total. The summed E-state index contributed by atoms with van der Waals surface area (Å²) < 4.78 is 4.85. The van der Waals surface area contributed by atoms with Gasteiger partial charge in [-0.25, -0.2) is 4.58 Å². The van der Waals surface area contributed by atoms with E-state index in [2.05, 4.69) is 118 Å². The van der Waals surface area contributed by atoms with Crippen LogP contribution in [0.2, 0.25) is 0 Å². The molecule has 0 spiro atoms. The van der Waals surface area contributed by atoms with Gasteiger partial charge in [0, 0.05) is 10.8 Å². The van der Waals surface area contributed by atoms with Crippen LogP contribution in [-0.4, -0.2) is 25.2 Å². The van der Waals surface area contributed by atoms with E-state index < -0.39 is 0 Å². The lowest BCUT2D eigenvalue weighted by molar-refractivity contribution is 0.411. The molecule has 1 saturated carbocycles. The average molecular weight is 555 g/mol. The summed E-state index contributed by atoms with van der Waals surface area (Å²) in [6.45, 7) is 15.6. The van der Waals surface area contributed by atoms with Crippen LogP contribution in [-0.2, 0) is 12.8 Å². The number of hydrogen-bond donors (Lipinski definition) is 0. The molecule has 1 fully saturated rings. The van der Waals surface area contributed by atoms with Gasteiger partial charge in [0.05, 0.1) is 33.0 Å². The summed E-state index contributed by atoms with van der Waals surface area (Å²) in [6, 6.07) is 18.9. The Morgan fingerprint density at radius 1 is 0.810 bits per heavy atom. The van der Waals surface area contributed by atoms with Gasteiger partial charge in [-0.1, -0.05) is 70.7 Å². The zero-order chi connectivity index (χ0) is 29.5. The van der Waals surface area contributed by atoms with Gasteiger partial charge in [-0.05, 0) is 102 Å². The summed E-state index contributed by atoms with van der Waals surface area (Å²) in [5.41, 5.74) is 10.6. The monoisotopic (exact) mass is 554 g/mol. The minimum Gasteiger partial charge on any atom is -0.307 e. The Balaban J connectivity index is 1.68. The lowest BCUT2D eigenvalue weighted by Gasteiger charge is -2.20. The summed E-state index contributed by atoms with van der Waals surface area (Å²) in [4.78, 5) is 4.59. The Morgan fingerprint density at radius 3 is 2.19 bits per heavy atom. The SMILES string of the molecule is C=Nc1ccc2c3cc(CC4CCCC4)ccc3n3c4c(C)c5ccc(CC(C)(C)C)cc5c(C)c4c(=[N+](C)C)c1c23. The molecule has 0 radical (unpaired) electrons. The first kappa shape index (κ1) is 27.1. The van der Waals surface area contributed by atoms with Crippen LogP contribution < -0.4 is 9.93 Å². The molecule has 1 aliphatic rings. The molecule has 0 aliphatic heterocycles. The molecule has 2 aromatic heterocycles. The molecule has 0 amide bonds. The van der Waals surface area contributed by atoms with Crippen LogP contribution in [0, 0.1) is 25.2 Å². The van der Waals surface area contributed by atoms with Crippen molar-refractivity contribution < 1.29 is 0 Å². The van der Waals surface area contributed by atoms with Crippen molar-refractivity contribution in [1.82, 2.24) is 8.98 Å². The second-order valence-corrected chi connectivity index (χ2v) is 14.4. The number of aromatic nitrogens is 1. The molecular formula is C39H44N3+. The van der Waals surface area contributed by atoms with Crippen molar-refractivity contribution in [3.8, 4) is 0 Å². The Bertz CT molecular complexity index is 2120. The van der Waals surface area contributed by atoms with E-state index in [9.17, 15) is 0 Å². The maximum absolute atomic E-state index is 4.59.